The Hall–Kier alpha value is -2.62. The van der Waals surface area contributed by atoms with Crippen LogP contribution in [0.5, 0.6) is 5.75 Å². The van der Waals surface area contributed by atoms with Crippen LogP contribution < -0.4 is 9.46 Å². The summed E-state index contributed by atoms with van der Waals surface area (Å²) in [7, 11) is 1.62. The Morgan fingerprint density at radius 1 is 1.06 bits per heavy atom. The van der Waals surface area contributed by atoms with Crippen molar-refractivity contribution in [3.8, 4) is 5.75 Å². The van der Waals surface area contributed by atoms with E-state index in [1.165, 1.54) is 18.2 Å². The van der Waals surface area contributed by atoms with Gasteiger partial charge >= 0.3 is 0 Å². The van der Waals surface area contributed by atoms with Crippen molar-refractivity contribution < 1.29 is 22.7 Å². The number of amides is 1. The van der Waals surface area contributed by atoms with Gasteiger partial charge in [-0.2, -0.15) is 0 Å². The molecule has 0 aliphatic carbocycles. The molecule has 1 N–H and O–H groups in total. The first-order valence-corrected chi connectivity index (χ1v) is 12.4. The van der Waals surface area contributed by atoms with Gasteiger partial charge in [0.05, 0.1) is 16.6 Å². The number of sulfonamides is 1. The van der Waals surface area contributed by atoms with E-state index in [2.05, 4.69) is 23.5 Å². The lowest BCUT2D eigenvalue weighted by Crippen LogP contribution is -2.45. The molecule has 180 valence electrons. The van der Waals surface area contributed by atoms with Crippen molar-refractivity contribution in [2.45, 2.75) is 30.9 Å². The summed E-state index contributed by atoms with van der Waals surface area (Å²) in [5, 5.41) is 0. The number of hydrogen-bond acceptors (Lipinski definition) is 6. The first-order valence-electron chi connectivity index (χ1n) is 11.0. The number of likely N-dealkylation sites (N-methyl/N-ethyl adjacent to an activating group) is 2. The molecule has 1 aliphatic rings. The number of ether oxygens (including phenoxy) is 2. The molecule has 8 nitrogen and oxygen atoms in total. The van der Waals surface area contributed by atoms with Crippen LogP contribution in [0.1, 0.15) is 24.2 Å². The van der Waals surface area contributed by atoms with Gasteiger partial charge in [-0.1, -0.05) is 25.1 Å². The van der Waals surface area contributed by atoms with E-state index in [0.717, 1.165) is 6.54 Å². The molecule has 0 fully saturated rings. The van der Waals surface area contributed by atoms with Gasteiger partial charge in [0.2, 0.25) is 0 Å². The Morgan fingerprint density at radius 3 is 2.42 bits per heavy atom. The second kappa shape index (κ2) is 10.5. The van der Waals surface area contributed by atoms with Gasteiger partial charge in [0, 0.05) is 39.0 Å². The van der Waals surface area contributed by atoms with Crippen molar-refractivity contribution in [3.63, 3.8) is 0 Å². The topological polar surface area (TPSA) is 88.2 Å². The third kappa shape index (κ3) is 6.04. The molecule has 1 aliphatic heterocycles. The van der Waals surface area contributed by atoms with E-state index >= 15 is 0 Å². The number of carbonyl (C=O) groups excluding carboxylic acids is 1. The first-order chi connectivity index (χ1) is 15.6. The molecule has 0 saturated heterocycles. The lowest BCUT2D eigenvalue weighted by Gasteiger charge is -2.34. The summed E-state index contributed by atoms with van der Waals surface area (Å²) in [6, 6.07) is 13.0. The molecule has 0 aromatic heterocycles. The van der Waals surface area contributed by atoms with Gasteiger partial charge in [-0.15, -0.1) is 0 Å². The fraction of sp³-hybridized carbons (Fsp3) is 0.458. The number of nitrogens with zero attached hydrogens (tertiary/aromatic N) is 2. The van der Waals surface area contributed by atoms with Crippen LogP contribution in [0.4, 0.5) is 5.69 Å². The van der Waals surface area contributed by atoms with Gasteiger partial charge < -0.3 is 14.4 Å². The minimum absolute atomic E-state index is 0.112. The van der Waals surface area contributed by atoms with Gasteiger partial charge in [-0.3, -0.25) is 14.4 Å². The summed E-state index contributed by atoms with van der Waals surface area (Å²) in [6.45, 7) is 5.76. The SMILES string of the molecule is CO[C@H]1CN(C)C(=O)c2cc(NS(=O)(=O)c3ccccc3)ccc2OC[C@H](C)N(C)C[C@@H]1C. The molecule has 3 atom stereocenters. The average molecular weight is 476 g/mol. The number of benzene rings is 2. The quantitative estimate of drug-likeness (QED) is 0.732. The fourth-order valence-electron chi connectivity index (χ4n) is 3.83. The minimum Gasteiger partial charge on any atom is -0.491 e. The monoisotopic (exact) mass is 475 g/mol. The zero-order valence-corrected chi connectivity index (χ0v) is 20.6. The largest absolute Gasteiger partial charge is 0.491 e. The van der Waals surface area contributed by atoms with E-state index < -0.39 is 10.0 Å². The lowest BCUT2D eigenvalue weighted by atomic mass is 10.0. The number of carbonyl (C=O) groups is 1. The molecule has 1 amide bonds. The third-order valence-corrected chi connectivity index (χ3v) is 7.46. The van der Waals surface area contributed by atoms with Crippen LogP contribution in [-0.4, -0.2) is 77.2 Å². The maximum atomic E-state index is 13.4. The van der Waals surface area contributed by atoms with Crippen molar-refractivity contribution in [3.05, 3.63) is 54.1 Å². The number of anilines is 1. The number of fused-ring (bicyclic) bond motifs is 1. The molecule has 0 bridgehead atoms. The van der Waals surface area contributed by atoms with Gasteiger partial charge in [-0.05, 0) is 50.2 Å². The Balaban J connectivity index is 1.96. The number of nitrogens with one attached hydrogen (secondary N) is 1. The van der Waals surface area contributed by atoms with Crippen LogP contribution in [0.2, 0.25) is 0 Å². The molecule has 0 spiro atoms. The first kappa shape index (κ1) is 25.0. The van der Waals surface area contributed by atoms with Gasteiger partial charge in [0.15, 0.2) is 0 Å². The highest BCUT2D eigenvalue weighted by Crippen LogP contribution is 2.27. The second-order valence-corrected chi connectivity index (χ2v) is 10.3. The van der Waals surface area contributed by atoms with E-state index in [-0.39, 0.29) is 34.6 Å². The molecular weight excluding hydrogens is 442 g/mol. The van der Waals surface area contributed by atoms with Crippen LogP contribution in [0, 0.1) is 5.92 Å². The van der Waals surface area contributed by atoms with Crippen molar-refractivity contribution in [2.75, 3.05) is 45.6 Å². The number of rotatable bonds is 4. The summed E-state index contributed by atoms with van der Waals surface area (Å²) in [5.74, 6) is 0.347. The van der Waals surface area contributed by atoms with Gasteiger partial charge in [-0.25, -0.2) is 8.42 Å². The van der Waals surface area contributed by atoms with E-state index in [4.69, 9.17) is 9.47 Å². The van der Waals surface area contributed by atoms with Gasteiger partial charge in [0.25, 0.3) is 15.9 Å². The third-order valence-electron chi connectivity index (χ3n) is 6.06. The summed E-state index contributed by atoms with van der Waals surface area (Å²) >= 11 is 0. The fourth-order valence-corrected chi connectivity index (χ4v) is 4.91. The summed E-state index contributed by atoms with van der Waals surface area (Å²) in [6.07, 6.45) is -0.142. The van der Waals surface area contributed by atoms with E-state index in [1.807, 2.05) is 7.05 Å². The highest BCUT2D eigenvalue weighted by Gasteiger charge is 2.27. The van der Waals surface area contributed by atoms with Crippen LogP contribution in [0.25, 0.3) is 0 Å². The predicted octanol–water partition coefficient (Wildman–Crippen LogP) is 2.92. The van der Waals surface area contributed by atoms with Gasteiger partial charge in [0.1, 0.15) is 12.4 Å². The van der Waals surface area contributed by atoms with Crippen LogP contribution >= 0.6 is 0 Å². The van der Waals surface area contributed by atoms with E-state index in [1.54, 1.807) is 49.4 Å². The normalized spacial score (nSPS) is 23.1. The Morgan fingerprint density at radius 2 is 1.76 bits per heavy atom. The number of hydrogen-bond donors (Lipinski definition) is 1. The maximum absolute atomic E-state index is 13.4. The van der Waals surface area contributed by atoms with Crippen LogP contribution in [-0.2, 0) is 14.8 Å². The smallest absolute Gasteiger partial charge is 0.261 e. The molecule has 3 rings (SSSR count). The molecule has 33 heavy (non-hydrogen) atoms. The van der Waals surface area contributed by atoms with E-state index in [9.17, 15) is 13.2 Å². The Labute approximate surface area is 196 Å². The molecular formula is C24H33N3O5S. The van der Waals surface area contributed by atoms with Crippen LogP contribution in [0.3, 0.4) is 0 Å². The summed E-state index contributed by atoms with van der Waals surface area (Å²) in [4.78, 5) is 17.3. The standard InChI is InChI=1S/C24H33N3O5S/c1-17-14-26(3)18(2)16-32-22-12-11-19(25-33(29,30)20-9-7-6-8-10-20)13-21(22)24(28)27(4)15-23(17)31-5/h6-13,17-18,23,25H,14-16H2,1-5H3/t17-,18-,23-/m0/s1. The highest BCUT2D eigenvalue weighted by atomic mass is 32.2. The predicted molar refractivity (Wildman–Crippen MR) is 128 cm³/mol. The van der Waals surface area contributed by atoms with Crippen LogP contribution in [0.15, 0.2) is 53.4 Å². The molecule has 0 unspecified atom stereocenters. The summed E-state index contributed by atoms with van der Waals surface area (Å²) in [5.41, 5.74) is 0.584. The Kier molecular flexibility index (Phi) is 7.99. The second-order valence-electron chi connectivity index (χ2n) is 8.67. The van der Waals surface area contributed by atoms with Crippen molar-refractivity contribution >= 4 is 21.6 Å². The number of methoxy groups -OCH3 is 1. The maximum Gasteiger partial charge on any atom is 0.261 e. The highest BCUT2D eigenvalue weighted by molar-refractivity contribution is 7.92. The molecule has 9 heteroatoms. The molecule has 0 saturated carbocycles. The zero-order valence-electron chi connectivity index (χ0n) is 19.8. The Bertz CT molecular complexity index is 1060. The molecule has 2 aromatic carbocycles. The van der Waals surface area contributed by atoms with Crippen molar-refractivity contribution in [1.82, 2.24) is 9.80 Å². The average Bonchev–Trinajstić information content (AvgIpc) is 2.80. The summed E-state index contributed by atoms with van der Waals surface area (Å²) < 4.78 is 39.8. The molecule has 1 heterocycles. The van der Waals surface area contributed by atoms with Crippen molar-refractivity contribution in [2.24, 2.45) is 5.92 Å². The lowest BCUT2D eigenvalue weighted by molar-refractivity contribution is 0.0150. The minimum atomic E-state index is -3.79. The molecule has 2 aromatic rings. The van der Waals surface area contributed by atoms with Crippen molar-refractivity contribution in [1.29, 1.82) is 0 Å². The van der Waals surface area contributed by atoms with E-state index in [0.29, 0.717) is 24.5 Å². The molecule has 0 radical (unpaired) electrons. The zero-order chi connectivity index (χ0) is 24.2.